The Labute approximate surface area is 161 Å². The van der Waals surface area contributed by atoms with Crippen molar-refractivity contribution >= 4 is 45.7 Å². The minimum absolute atomic E-state index is 0.219. The van der Waals surface area contributed by atoms with E-state index in [1.165, 1.54) is 16.6 Å². The minimum atomic E-state index is -2.15. The van der Waals surface area contributed by atoms with Crippen LogP contribution in [0.3, 0.4) is 0 Å². The van der Waals surface area contributed by atoms with E-state index >= 15 is 0 Å². The number of anilines is 1. The summed E-state index contributed by atoms with van der Waals surface area (Å²) in [5, 5.41) is 9.57. The number of nitrogens with zero attached hydrogens (tertiary/aromatic N) is 4. The van der Waals surface area contributed by atoms with Crippen molar-refractivity contribution in [2.24, 2.45) is 5.92 Å². The van der Waals surface area contributed by atoms with E-state index in [0.29, 0.717) is 5.82 Å². The van der Waals surface area contributed by atoms with Gasteiger partial charge in [-0.1, -0.05) is 12.8 Å². The Balaban J connectivity index is 1.51. The van der Waals surface area contributed by atoms with Crippen molar-refractivity contribution in [3.8, 4) is 5.97 Å². The van der Waals surface area contributed by atoms with Crippen molar-refractivity contribution in [3.05, 3.63) is 24.3 Å². The summed E-state index contributed by atoms with van der Waals surface area (Å²) in [5.41, 5.74) is 2.00. The van der Waals surface area contributed by atoms with Crippen LogP contribution in [0.4, 0.5) is 5.82 Å². The normalized spacial score (nSPS) is 20.4. The van der Waals surface area contributed by atoms with Gasteiger partial charge in [0.15, 0.2) is 0 Å². The number of rotatable bonds is 5. The Morgan fingerprint density at radius 2 is 1.85 bits per heavy atom. The molecule has 2 fully saturated rings. The standard InChI is InChI=1S/C17H18BN4.3CH3.Sn/c19-12-18(10-13-3-4-13)14-7-9-22(11-14)17-6-5-15-16(21-17)2-1-8-20-15;;;;/h1-2,5-6,13-14H,3-4,7,9-11H2;3*1H3;. The van der Waals surface area contributed by atoms with Gasteiger partial charge in [-0.3, -0.25) is 0 Å². The molecule has 1 atom stereocenters. The first-order chi connectivity index (χ1) is 12.4. The van der Waals surface area contributed by atoms with Crippen LogP contribution in [-0.4, -0.2) is 48.1 Å². The summed E-state index contributed by atoms with van der Waals surface area (Å²) < 4.78 is 1.31. The molecule has 2 aromatic heterocycles. The van der Waals surface area contributed by atoms with Gasteiger partial charge in [-0.2, -0.15) is 0 Å². The van der Waals surface area contributed by atoms with Crippen LogP contribution in [0.5, 0.6) is 0 Å². The van der Waals surface area contributed by atoms with Crippen LogP contribution < -0.4 is 8.61 Å². The molecule has 1 saturated carbocycles. The fourth-order valence-corrected chi connectivity index (χ4v) is 6.95. The van der Waals surface area contributed by atoms with Gasteiger partial charge in [0, 0.05) is 0 Å². The SMILES string of the molecule is [CH3][Sn]([CH3])([CH3])[c]1ccc2nc(N3CCC(B(C#N)CC4CC4)C3)ccc2n1. The van der Waals surface area contributed by atoms with E-state index in [4.69, 9.17) is 9.97 Å². The van der Waals surface area contributed by atoms with Gasteiger partial charge in [-0.05, 0) is 0 Å². The second-order valence-electron chi connectivity index (χ2n) is 9.06. The molecule has 26 heavy (non-hydrogen) atoms. The zero-order chi connectivity index (χ0) is 18.3. The molecular formula is C20H27BN4Sn. The maximum atomic E-state index is 9.57. The number of pyridine rings is 2. The summed E-state index contributed by atoms with van der Waals surface area (Å²) in [7, 11) is 0. The summed E-state index contributed by atoms with van der Waals surface area (Å²) in [6, 6.07) is 8.56. The molecule has 1 aliphatic carbocycles. The molecule has 0 radical (unpaired) electrons. The van der Waals surface area contributed by atoms with Crippen molar-refractivity contribution in [2.75, 3.05) is 18.0 Å². The Morgan fingerprint density at radius 3 is 2.54 bits per heavy atom. The average molecular weight is 453 g/mol. The predicted molar refractivity (Wildman–Crippen MR) is 112 cm³/mol. The zero-order valence-corrected chi connectivity index (χ0v) is 18.9. The van der Waals surface area contributed by atoms with E-state index in [1.807, 2.05) is 0 Å². The second-order valence-corrected chi connectivity index (χ2v) is 23.4. The van der Waals surface area contributed by atoms with Gasteiger partial charge in [-0.25, -0.2) is 0 Å². The summed E-state index contributed by atoms with van der Waals surface area (Å²) >= 11 is -2.15. The summed E-state index contributed by atoms with van der Waals surface area (Å²) in [4.78, 5) is 19.3. The molecule has 6 heteroatoms. The molecule has 3 heterocycles. The maximum absolute atomic E-state index is 9.57. The van der Waals surface area contributed by atoms with Crippen LogP contribution in [-0.2, 0) is 0 Å². The molecule has 4 rings (SSSR count). The van der Waals surface area contributed by atoms with Gasteiger partial charge in [0.25, 0.3) is 0 Å². The monoisotopic (exact) mass is 454 g/mol. The molecule has 134 valence electrons. The van der Waals surface area contributed by atoms with Crippen molar-refractivity contribution in [3.63, 3.8) is 0 Å². The molecule has 0 bridgehead atoms. The van der Waals surface area contributed by atoms with E-state index in [9.17, 15) is 5.26 Å². The first-order valence-corrected chi connectivity index (χ1v) is 19.9. The van der Waals surface area contributed by atoms with Crippen LogP contribution in [0.15, 0.2) is 24.3 Å². The fourth-order valence-electron chi connectivity index (χ4n) is 3.98. The Morgan fingerprint density at radius 1 is 1.12 bits per heavy atom. The number of fused-ring (bicyclic) bond motifs is 1. The van der Waals surface area contributed by atoms with Crippen LogP contribution >= 0.6 is 0 Å². The Hall–Kier alpha value is -1.29. The summed E-state index contributed by atoms with van der Waals surface area (Å²) in [6.45, 7) is 2.19. The second kappa shape index (κ2) is 7.03. The zero-order valence-electron chi connectivity index (χ0n) is 16.1. The van der Waals surface area contributed by atoms with Crippen LogP contribution in [0.25, 0.3) is 11.0 Å². The molecule has 4 nitrogen and oxygen atoms in total. The molecule has 1 unspecified atom stereocenters. The fraction of sp³-hybridized carbons (Fsp3) is 0.550. The van der Waals surface area contributed by atoms with Gasteiger partial charge < -0.3 is 0 Å². The van der Waals surface area contributed by atoms with Crippen molar-refractivity contribution in [2.45, 2.75) is 46.2 Å². The molecule has 0 amide bonds. The van der Waals surface area contributed by atoms with Gasteiger partial charge >= 0.3 is 148 Å². The van der Waals surface area contributed by atoms with Gasteiger partial charge in [-0.15, -0.1) is 0 Å². The van der Waals surface area contributed by atoms with Crippen LogP contribution in [0, 0.1) is 17.1 Å². The van der Waals surface area contributed by atoms with Crippen LogP contribution in [0.1, 0.15) is 19.3 Å². The van der Waals surface area contributed by atoms with E-state index in [1.54, 1.807) is 0 Å². The van der Waals surface area contributed by atoms with Crippen molar-refractivity contribution < 1.29 is 0 Å². The van der Waals surface area contributed by atoms with E-state index in [-0.39, 0.29) is 6.71 Å². The molecule has 1 saturated heterocycles. The van der Waals surface area contributed by atoms with Gasteiger partial charge in [0.1, 0.15) is 0 Å². The molecule has 1 aliphatic heterocycles. The third-order valence-corrected chi connectivity index (χ3v) is 11.0. The first-order valence-electron chi connectivity index (χ1n) is 9.87. The van der Waals surface area contributed by atoms with E-state index < -0.39 is 18.4 Å². The van der Waals surface area contributed by atoms with E-state index in [2.05, 4.69) is 50.0 Å². The summed E-state index contributed by atoms with van der Waals surface area (Å²) in [6.07, 6.45) is 4.87. The molecule has 0 aromatic carbocycles. The van der Waals surface area contributed by atoms with Crippen molar-refractivity contribution in [1.82, 2.24) is 9.97 Å². The topological polar surface area (TPSA) is 52.8 Å². The molecule has 0 N–H and O–H groups in total. The third kappa shape index (κ3) is 3.85. The molecule has 0 spiro atoms. The third-order valence-electron chi connectivity index (χ3n) is 5.86. The number of hydrogen-bond acceptors (Lipinski definition) is 4. The Bertz CT molecular complexity index is 853. The predicted octanol–water partition coefficient (Wildman–Crippen LogP) is 3.72. The number of nitriles is 1. The number of aromatic nitrogens is 2. The number of hydrogen-bond donors (Lipinski definition) is 0. The summed E-state index contributed by atoms with van der Waals surface area (Å²) in [5.74, 6) is 4.94. The van der Waals surface area contributed by atoms with E-state index in [0.717, 1.165) is 48.6 Å². The average Bonchev–Trinajstić information content (AvgIpc) is 3.31. The van der Waals surface area contributed by atoms with Crippen molar-refractivity contribution in [1.29, 1.82) is 5.26 Å². The Kier molecular flexibility index (Phi) is 4.89. The molecular weight excluding hydrogens is 426 g/mol. The van der Waals surface area contributed by atoms with Gasteiger partial charge in [0.2, 0.25) is 0 Å². The molecule has 2 aliphatic rings. The van der Waals surface area contributed by atoms with Gasteiger partial charge in [0.05, 0.1) is 0 Å². The quantitative estimate of drug-likeness (QED) is 0.649. The molecule has 2 aromatic rings. The first kappa shape index (κ1) is 18.1. The van der Waals surface area contributed by atoms with Crippen LogP contribution in [0.2, 0.25) is 27.0 Å².